The lowest BCUT2D eigenvalue weighted by molar-refractivity contribution is 0.0537. The molecule has 0 spiro atoms. The van der Waals surface area contributed by atoms with Crippen LogP contribution in [0.1, 0.15) is 20.8 Å². The van der Waals surface area contributed by atoms with Crippen LogP contribution in [-0.4, -0.2) is 42.6 Å². The summed E-state index contributed by atoms with van der Waals surface area (Å²) < 4.78 is 23.4. The number of nitrogens with zero attached hydrogens (tertiary/aromatic N) is 2. The number of carbonyl (C=O) groups excluding carboxylic acids is 1. The fourth-order valence-corrected chi connectivity index (χ4v) is 3.09. The number of aromatic nitrogens is 2. The second-order valence-electron chi connectivity index (χ2n) is 7.63. The zero-order valence-corrected chi connectivity index (χ0v) is 18.1. The van der Waals surface area contributed by atoms with Crippen LogP contribution < -0.4 is 14.2 Å². The second-order valence-corrected chi connectivity index (χ2v) is 7.63. The highest BCUT2D eigenvalue weighted by Crippen LogP contribution is 2.43. The largest absolute Gasteiger partial charge is 0.493 e. The van der Waals surface area contributed by atoms with Gasteiger partial charge in [0, 0.05) is 41.5 Å². The van der Waals surface area contributed by atoms with Crippen LogP contribution in [0.3, 0.4) is 0 Å². The van der Waals surface area contributed by atoms with Gasteiger partial charge in [-0.3, -0.25) is 9.55 Å². The van der Waals surface area contributed by atoms with E-state index in [-0.39, 0.29) is 0 Å². The highest BCUT2D eigenvalue weighted by atomic mass is 16.6. The van der Waals surface area contributed by atoms with Crippen molar-refractivity contribution in [3.8, 4) is 39.5 Å². The molecule has 0 aliphatic carbocycles. The summed E-state index contributed by atoms with van der Waals surface area (Å²) in [5, 5.41) is 0. The first-order valence-corrected chi connectivity index (χ1v) is 9.43. The Morgan fingerprint density at radius 2 is 1.53 bits per heavy atom. The van der Waals surface area contributed by atoms with Crippen LogP contribution in [0, 0.1) is 0 Å². The Bertz CT molecular complexity index is 1010. The minimum absolute atomic E-state index is 0.466. The molecule has 1 aromatic carbocycles. The molecule has 30 heavy (non-hydrogen) atoms. The smallest absolute Gasteiger partial charge is 0.418 e. The van der Waals surface area contributed by atoms with Crippen LogP contribution in [0.15, 0.2) is 49.1 Å². The predicted octanol–water partition coefficient (Wildman–Crippen LogP) is 5.03. The van der Waals surface area contributed by atoms with E-state index in [1.54, 1.807) is 46.1 Å². The lowest BCUT2D eigenvalue weighted by Gasteiger charge is -2.19. The molecule has 2 heterocycles. The normalized spacial score (nSPS) is 11.1. The van der Waals surface area contributed by atoms with Crippen LogP contribution in [0.25, 0.3) is 22.3 Å². The molecule has 3 aromatic rings. The van der Waals surface area contributed by atoms with Crippen LogP contribution in [0.2, 0.25) is 0 Å². The fourth-order valence-electron chi connectivity index (χ4n) is 3.09. The van der Waals surface area contributed by atoms with Crippen molar-refractivity contribution < 1.29 is 23.7 Å². The minimum Gasteiger partial charge on any atom is -0.493 e. The van der Waals surface area contributed by atoms with Gasteiger partial charge in [-0.15, -0.1) is 0 Å². The molecule has 0 aliphatic heterocycles. The number of rotatable bonds is 5. The van der Waals surface area contributed by atoms with E-state index < -0.39 is 11.7 Å². The molecule has 7 heteroatoms. The number of carbonyl (C=O) groups is 1. The van der Waals surface area contributed by atoms with Gasteiger partial charge in [-0.2, -0.15) is 0 Å². The third-order valence-corrected chi connectivity index (χ3v) is 4.38. The van der Waals surface area contributed by atoms with E-state index in [0.717, 1.165) is 22.3 Å². The molecule has 0 saturated carbocycles. The van der Waals surface area contributed by atoms with Crippen LogP contribution in [0.5, 0.6) is 17.2 Å². The number of hydrogen-bond acceptors (Lipinski definition) is 6. The van der Waals surface area contributed by atoms with E-state index in [1.807, 2.05) is 45.0 Å². The zero-order valence-electron chi connectivity index (χ0n) is 18.1. The molecule has 0 bridgehead atoms. The molecule has 2 aromatic heterocycles. The van der Waals surface area contributed by atoms with Gasteiger partial charge in [0.1, 0.15) is 5.60 Å². The molecule has 0 aliphatic rings. The average Bonchev–Trinajstić information content (AvgIpc) is 3.17. The summed E-state index contributed by atoms with van der Waals surface area (Å²) in [6.45, 7) is 5.49. The Morgan fingerprint density at radius 3 is 2.00 bits per heavy atom. The Labute approximate surface area is 176 Å². The van der Waals surface area contributed by atoms with Crippen molar-refractivity contribution in [3.05, 3.63) is 49.1 Å². The fraction of sp³-hybridized carbons (Fsp3) is 0.304. The van der Waals surface area contributed by atoms with E-state index in [0.29, 0.717) is 17.2 Å². The Hall–Kier alpha value is -3.48. The molecule has 0 saturated heterocycles. The highest BCUT2D eigenvalue weighted by Gasteiger charge is 2.22. The van der Waals surface area contributed by atoms with Gasteiger partial charge in [-0.25, -0.2) is 4.79 Å². The van der Waals surface area contributed by atoms with Crippen molar-refractivity contribution in [2.24, 2.45) is 0 Å². The Kier molecular flexibility index (Phi) is 6.01. The maximum Gasteiger partial charge on any atom is 0.418 e. The summed E-state index contributed by atoms with van der Waals surface area (Å²) in [4.78, 5) is 16.9. The molecule has 158 valence electrons. The zero-order chi connectivity index (χ0) is 21.9. The molecule has 0 unspecified atom stereocenters. The van der Waals surface area contributed by atoms with Crippen molar-refractivity contribution in [1.82, 2.24) is 9.55 Å². The molecular weight excluding hydrogens is 384 g/mol. The minimum atomic E-state index is -0.609. The average molecular weight is 410 g/mol. The third kappa shape index (κ3) is 4.40. The van der Waals surface area contributed by atoms with Crippen LogP contribution in [-0.2, 0) is 4.74 Å². The number of ether oxygens (including phenoxy) is 4. The Balaban J connectivity index is 2.19. The van der Waals surface area contributed by atoms with Crippen molar-refractivity contribution in [2.75, 3.05) is 21.3 Å². The number of hydrogen-bond donors (Lipinski definition) is 0. The van der Waals surface area contributed by atoms with E-state index >= 15 is 0 Å². The predicted molar refractivity (Wildman–Crippen MR) is 114 cm³/mol. The van der Waals surface area contributed by atoms with E-state index in [1.165, 1.54) is 4.57 Å². The third-order valence-electron chi connectivity index (χ3n) is 4.38. The lowest BCUT2D eigenvalue weighted by atomic mass is 9.99. The molecule has 3 rings (SSSR count). The van der Waals surface area contributed by atoms with Crippen LogP contribution >= 0.6 is 0 Å². The maximum absolute atomic E-state index is 12.7. The molecule has 0 fully saturated rings. The van der Waals surface area contributed by atoms with Gasteiger partial charge in [-0.05, 0) is 44.5 Å². The van der Waals surface area contributed by atoms with E-state index in [4.69, 9.17) is 18.9 Å². The number of methoxy groups -OCH3 is 3. The molecule has 0 atom stereocenters. The van der Waals surface area contributed by atoms with Gasteiger partial charge < -0.3 is 18.9 Å². The second kappa shape index (κ2) is 8.49. The summed E-state index contributed by atoms with van der Waals surface area (Å²) in [5.41, 5.74) is 2.67. The number of benzene rings is 1. The molecule has 0 amide bonds. The summed E-state index contributed by atoms with van der Waals surface area (Å²) in [5.74, 6) is 1.54. The molecule has 0 N–H and O–H groups in total. The van der Waals surface area contributed by atoms with Gasteiger partial charge in [-0.1, -0.05) is 6.07 Å². The topological polar surface area (TPSA) is 71.8 Å². The van der Waals surface area contributed by atoms with Crippen molar-refractivity contribution in [3.63, 3.8) is 0 Å². The summed E-state index contributed by atoms with van der Waals surface area (Å²) >= 11 is 0. The van der Waals surface area contributed by atoms with Crippen molar-refractivity contribution in [2.45, 2.75) is 26.4 Å². The van der Waals surface area contributed by atoms with Gasteiger partial charge in [0.2, 0.25) is 5.75 Å². The quantitative estimate of drug-likeness (QED) is 0.588. The first-order valence-electron chi connectivity index (χ1n) is 9.43. The van der Waals surface area contributed by atoms with Crippen molar-refractivity contribution >= 4 is 6.09 Å². The van der Waals surface area contributed by atoms with Gasteiger partial charge in [0.05, 0.1) is 21.3 Å². The maximum atomic E-state index is 12.7. The number of pyridine rings is 1. The summed E-state index contributed by atoms with van der Waals surface area (Å²) in [7, 11) is 4.68. The summed E-state index contributed by atoms with van der Waals surface area (Å²) in [6.07, 6.45) is 6.45. The van der Waals surface area contributed by atoms with Gasteiger partial charge in [0.25, 0.3) is 0 Å². The monoisotopic (exact) mass is 410 g/mol. The molecule has 0 radical (unpaired) electrons. The Morgan fingerprint density at radius 1 is 0.933 bits per heavy atom. The van der Waals surface area contributed by atoms with Gasteiger partial charge >= 0.3 is 6.09 Å². The molecular formula is C23H26N2O5. The molecule has 7 nitrogen and oxygen atoms in total. The van der Waals surface area contributed by atoms with Crippen LogP contribution in [0.4, 0.5) is 4.79 Å². The summed E-state index contributed by atoms with van der Waals surface area (Å²) in [6, 6.07) is 7.47. The van der Waals surface area contributed by atoms with Gasteiger partial charge in [0.15, 0.2) is 11.5 Å². The van der Waals surface area contributed by atoms with Crippen molar-refractivity contribution in [1.29, 1.82) is 0 Å². The first-order chi connectivity index (χ1) is 14.3. The van der Waals surface area contributed by atoms with E-state index in [2.05, 4.69) is 4.98 Å². The highest BCUT2D eigenvalue weighted by molar-refractivity contribution is 5.88. The first kappa shape index (κ1) is 21.2. The lowest BCUT2D eigenvalue weighted by Crippen LogP contribution is -2.26. The SMILES string of the molecule is COc1cc(-c2cn(C(=O)OC(C)(C)C)cc2-c2cccnc2)cc(OC)c1OC. The van der Waals surface area contributed by atoms with E-state index in [9.17, 15) is 4.79 Å². The standard InChI is InChI=1S/C23H26N2O5/c1-23(2,3)30-22(26)25-13-17(15-8-7-9-24-12-15)18(14-25)16-10-19(27-4)21(29-6)20(11-16)28-5/h7-14H,1-6H3.